The van der Waals surface area contributed by atoms with E-state index in [9.17, 15) is 13.2 Å². The van der Waals surface area contributed by atoms with Gasteiger partial charge in [-0.2, -0.15) is 13.2 Å². The molecule has 0 saturated heterocycles. The summed E-state index contributed by atoms with van der Waals surface area (Å²) < 4.78 is 46.0. The molecule has 0 amide bonds. The molecule has 0 aromatic carbocycles. The van der Waals surface area contributed by atoms with Crippen molar-refractivity contribution in [3.63, 3.8) is 0 Å². The molecule has 0 spiro atoms. The molecule has 1 rings (SSSR count). The van der Waals surface area contributed by atoms with Crippen LogP contribution in [0.3, 0.4) is 0 Å². The molecule has 0 aliphatic heterocycles. The lowest BCUT2D eigenvalue weighted by Gasteiger charge is -2.39. The Morgan fingerprint density at radius 3 is 2.35 bits per heavy atom. The van der Waals surface area contributed by atoms with Gasteiger partial charge in [0.15, 0.2) is 0 Å². The number of hydrogen-bond donors (Lipinski definition) is 1. The first kappa shape index (κ1) is 17.7. The first-order valence-electron chi connectivity index (χ1n) is 7.39. The second-order valence-corrected chi connectivity index (χ2v) is 5.64. The summed E-state index contributed by atoms with van der Waals surface area (Å²) in [6, 6.07) is 0. The number of halogens is 3. The van der Waals surface area contributed by atoms with E-state index in [0.717, 1.165) is 31.6 Å². The van der Waals surface area contributed by atoms with Crippen molar-refractivity contribution < 1.29 is 22.6 Å². The van der Waals surface area contributed by atoms with Gasteiger partial charge in [-0.25, -0.2) is 0 Å². The molecule has 0 aromatic heterocycles. The average Bonchev–Trinajstić information content (AvgIpc) is 2.39. The summed E-state index contributed by atoms with van der Waals surface area (Å²) in [6.45, 7) is 1.51. The van der Waals surface area contributed by atoms with Gasteiger partial charge in [-0.1, -0.05) is 19.8 Å². The number of ether oxygens (including phenoxy) is 2. The SMILES string of the molecule is CCCC1CCC(CN)(OCCOCC(F)(F)F)CC1. The van der Waals surface area contributed by atoms with Crippen molar-refractivity contribution in [2.24, 2.45) is 11.7 Å². The van der Waals surface area contributed by atoms with Crippen LogP contribution < -0.4 is 5.73 Å². The molecule has 0 heterocycles. The van der Waals surface area contributed by atoms with Crippen molar-refractivity contribution in [3.8, 4) is 0 Å². The maximum Gasteiger partial charge on any atom is 0.411 e. The summed E-state index contributed by atoms with van der Waals surface area (Å²) in [6.07, 6.45) is 2.12. The Balaban J connectivity index is 2.23. The molecule has 0 aromatic rings. The zero-order valence-corrected chi connectivity index (χ0v) is 12.2. The summed E-state index contributed by atoms with van der Waals surface area (Å²) in [4.78, 5) is 0. The molecule has 0 bridgehead atoms. The van der Waals surface area contributed by atoms with E-state index in [2.05, 4.69) is 11.7 Å². The summed E-state index contributed by atoms with van der Waals surface area (Å²) >= 11 is 0. The number of rotatable bonds is 8. The smallest absolute Gasteiger partial charge is 0.371 e. The van der Waals surface area contributed by atoms with Crippen LogP contribution in [0.2, 0.25) is 0 Å². The molecule has 3 nitrogen and oxygen atoms in total. The van der Waals surface area contributed by atoms with Crippen LogP contribution in [0.4, 0.5) is 13.2 Å². The molecular weight excluding hydrogens is 271 g/mol. The molecular formula is C14H26F3NO2. The zero-order chi connectivity index (χ0) is 15.1. The molecule has 0 radical (unpaired) electrons. The van der Waals surface area contributed by atoms with Gasteiger partial charge in [0.25, 0.3) is 0 Å². The normalized spacial score (nSPS) is 27.8. The van der Waals surface area contributed by atoms with Crippen LogP contribution in [0.1, 0.15) is 45.4 Å². The van der Waals surface area contributed by atoms with E-state index >= 15 is 0 Å². The Morgan fingerprint density at radius 2 is 1.85 bits per heavy atom. The third kappa shape index (κ3) is 6.41. The average molecular weight is 297 g/mol. The third-order valence-electron chi connectivity index (χ3n) is 3.99. The second kappa shape index (κ2) is 8.20. The first-order chi connectivity index (χ1) is 9.41. The third-order valence-corrected chi connectivity index (χ3v) is 3.99. The predicted molar refractivity (Wildman–Crippen MR) is 71.5 cm³/mol. The fourth-order valence-electron chi connectivity index (χ4n) is 2.81. The van der Waals surface area contributed by atoms with Crippen LogP contribution in [-0.4, -0.2) is 38.1 Å². The summed E-state index contributed by atoms with van der Waals surface area (Å²) in [5, 5.41) is 0. The molecule has 0 atom stereocenters. The van der Waals surface area contributed by atoms with E-state index in [1.807, 2.05) is 0 Å². The van der Waals surface area contributed by atoms with Gasteiger partial charge >= 0.3 is 6.18 Å². The lowest BCUT2D eigenvalue weighted by molar-refractivity contribution is -0.180. The van der Waals surface area contributed by atoms with Gasteiger partial charge in [0.05, 0.1) is 18.8 Å². The van der Waals surface area contributed by atoms with Gasteiger partial charge in [0.1, 0.15) is 6.61 Å². The van der Waals surface area contributed by atoms with E-state index in [4.69, 9.17) is 10.5 Å². The highest BCUT2D eigenvalue weighted by Gasteiger charge is 2.34. The molecule has 1 saturated carbocycles. The Kier molecular flexibility index (Phi) is 7.26. The molecule has 2 N–H and O–H groups in total. The lowest BCUT2D eigenvalue weighted by atomic mass is 9.77. The van der Waals surface area contributed by atoms with Crippen LogP contribution in [0.5, 0.6) is 0 Å². The minimum Gasteiger partial charge on any atom is -0.371 e. The molecule has 1 aliphatic rings. The number of hydrogen-bond acceptors (Lipinski definition) is 3. The van der Waals surface area contributed by atoms with Gasteiger partial charge in [0.2, 0.25) is 0 Å². The monoisotopic (exact) mass is 297 g/mol. The maximum absolute atomic E-state index is 11.9. The first-order valence-corrected chi connectivity index (χ1v) is 7.39. The predicted octanol–water partition coefficient (Wildman–Crippen LogP) is 3.27. The topological polar surface area (TPSA) is 44.5 Å². The highest BCUT2D eigenvalue weighted by Crippen LogP contribution is 2.36. The van der Waals surface area contributed by atoms with Gasteiger partial charge in [-0.05, 0) is 31.6 Å². The number of nitrogens with two attached hydrogens (primary N) is 1. The van der Waals surface area contributed by atoms with Gasteiger partial charge in [0, 0.05) is 6.54 Å². The van der Waals surface area contributed by atoms with Gasteiger partial charge in [-0.15, -0.1) is 0 Å². The molecule has 1 aliphatic carbocycles. The molecule has 120 valence electrons. The highest BCUT2D eigenvalue weighted by molar-refractivity contribution is 4.88. The van der Waals surface area contributed by atoms with Crippen molar-refractivity contribution in [2.75, 3.05) is 26.4 Å². The maximum atomic E-state index is 11.9. The molecule has 0 unspecified atom stereocenters. The highest BCUT2D eigenvalue weighted by atomic mass is 19.4. The Hall–Kier alpha value is -0.330. The van der Waals surface area contributed by atoms with Crippen LogP contribution in [0.25, 0.3) is 0 Å². The second-order valence-electron chi connectivity index (χ2n) is 5.64. The Labute approximate surface area is 119 Å². The Morgan fingerprint density at radius 1 is 1.20 bits per heavy atom. The van der Waals surface area contributed by atoms with Crippen LogP contribution in [0.15, 0.2) is 0 Å². The van der Waals surface area contributed by atoms with Crippen molar-refractivity contribution in [1.29, 1.82) is 0 Å². The minimum absolute atomic E-state index is 0.0420. The van der Waals surface area contributed by atoms with E-state index in [0.29, 0.717) is 6.54 Å². The van der Waals surface area contributed by atoms with Crippen LogP contribution in [-0.2, 0) is 9.47 Å². The standard InChI is InChI=1S/C14H26F3NO2/c1-2-3-12-4-6-13(10-18,7-5-12)20-9-8-19-11-14(15,16)17/h12H,2-11,18H2,1H3. The molecule has 6 heteroatoms. The summed E-state index contributed by atoms with van der Waals surface area (Å²) in [5.74, 6) is 0.741. The van der Waals surface area contributed by atoms with Crippen LogP contribution >= 0.6 is 0 Å². The summed E-state index contributed by atoms with van der Waals surface area (Å²) in [5.41, 5.74) is 5.44. The fourth-order valence-corrected chi connectivity index (χ4v) is 2.81. The zero-order valence-electron chi connectivity index (χ0n) is 12.2. The van der Waals surface area contributed by atoms with E-state index in [1.165, 1.54) is 12.8 Å². The fraction of sp³-hybridized carbons (Fsp3) is 1.00. The quantitative estimate of drug-likeness (QED) is 0.699. The van der Waals surface area contributed by atoms with Gasteiger partial charge in [-0.3, -0.25) is 0 Å². The van der Waals surface area contributed by atoms with Crippen molar-refractivity contribution >= 4 is 0 Å². The Bertz CT molecular complexity index is 264. The van der Waals surface area contributed by atoms with Crippen molar-refractivity contribution in [3.05, 3.63) is 0 Å². The largest absolute Gasteiger partial charge is 0.411 e. The van der Waals surface area contributed by atoms with E-state index in [-0.39, 0.29) is 18.8 Å². The van der Waals surface area contributed by atoms with E-state index in [1.54, 1.807) is 0 Å². The van der Waals surface area contributed by atoms with Crippen molar-refractivity contribution in [1.82, 2.24) is 0 Å². The van der Waals surface area contributed by atoms with Crippen molar-refractivity contribution in [2.45, 2.75) is 57.2 Å². The number of alkyl halides is 3. The molecule has 1 fully saturated rings. The lowest BCUT2D eigenvalue weighted by Crippen LogP contribution is -2.44. The summed E-state index contributed by atoms with van der Waals surface area (Å²) in [7, 11) is 0. The molecule has 20 heavy (non-hydrogen) atoms. The van der Waals surface area contributed by atoms with Gasteiger partial charge < -0.3 is 15.2 Å². The van der Waals surface area contributed by atoms with Crippen LogP contribution in [0, 0.1) is 5.92 Å². The van der Waals surface area contributed by atoms with E-state index < -0.39 is 12.8 Å². The minimum atomic E-state index is -4.27.